The SMILES string of the molecule is COC1(C)CCC2(OCCOC2C(C)C)O1. The van der Waals surface area contributed by atoms with Crippen LogP contribution in [0, 0.1) is 5.92 Å². The van der Waals surface area contributed by atoms with Gasteiger partial charge in [0.05, 0.1) is 13.2 Å². The first-order valence-corrected chi connectivity index (χ1v) is 6.02. The molecule has 2 aliphatic rings. The summed E-state index contributed by atoms with van der Waals surface area (Å²) in [5, 5.41) is 0. The van der Waals surface area contributed by atoms with Crippen LogP contribution in [0.3, 0.4) is 0 Å². The predicted molar refractivity (Wildman–Crippen MR) is 59.0 cm³/mol. The molecule has 3 unspecified atom stereocenters. The summed E-state index contributed by atoms with van der Waals surface area (Å²) in [6.45, 7) is 7.47. The fraction of sp³-hybridized carbons (Fsp3) is 1.00. The van der Waals surface area contributed by atoms with Crippen molar-refractivity contribution in [2.75, 3.05) is 20.3 Å². The van der Waals surface area contributed by atoms with Gasteiger partial charge in [0.25, 0.3) is 0 Å². The van der Waals surface area contributed by atoms with E-state index in [2.05, 4.69) is 13.8 Å². The van der Waals surface area contributed by atoms with E-state index in [0.29, 0.717) is 19.1 Å². The van der Waals surface area contributed by atoms with Crippen LogP contribution in [0.15, 0.2) is 0 Å². The third kappa shape index (κ3) is 1.99. The predicted octanol–water partition coefficient (Wildman–Crippen LogP) is 1.93. The lowest BCUT2D eigenvalue weighted by atomic mass is 9.95. The van der Waals surface area contributed by atoms with E-state index in [0.717, 1.165) is 12.8 Å². The zero-order chi connectivity index (χ0) is 11.8. The largest absolute Gasteiger partial charge is 0.370 e. The molecule has 3 atom stereocenters. The fourth-order valence-corrected chi connectivity index (χ4v) is 2.61. The standard InChI is InChI=1S/C12H22O4/c1-9(2)10-12(15-8-7-14-10)6-5-11(3,13-4)16-12/h9-10H,5-8H2,1-4H3. The van der Waals surface area contributed by atoms with Crippen molar-refractivity contribution in [1.82, 2.24) is 0 Å². The molecular formula is C12H22O4. The number of rotatable bonds is 2. The van der Waals surface area contributed by atoms with Crippen LogP contribution in [-0.2, 0) is 18.9 Å². The zero-order valence-electron chi connectivity index (χ0n) is 10.6. The van der Waals surface area contributed by atoms with E-state index in [1.165, 1.54) is 0 Å². The first-order valence-electron chi connectivity index (χ1n) is 6.02. The number of hydrogen-bond donors (Lipinski definition) is 0. The topological polar surface area (TPSA) is 36.9 Å². The van der Waals surface area contributed by atoms with E-state index < -0.39 is 11.6 Å². The average molecular weight is 230 g/mol. The number of methoxy groups -OCH3 is 1. The summed E-state index contributed by atoms with van der Waals surface area (Å²) in [7, 11) is 1.67. The minimum Gasteiger partial charge on any atom is -0.370 e. The van der Waals surface area contributed by atoms with Gasteiger partial charge in [-0.25, -0.2) is 0 Å². The molecular weight excluding hydrogens is 208 g/mol. The quantitative estimate of drug-likeness (QED) is 0.726. The highest BCUT2D eigenvalue weighted by Crippen LogP contribution is 2.45. The second-order valence-corrected chi connectivity index (χ2v) is 5.14. The van der Waals surface area contributed by atoms with Crippen LogP contribution in [0.25, 0.3) is 0 Å². The molecule has 0 aliphatic carbocycles. The van der Waals surface area contributed by atoms with Crippen molar-refractivity contribution in [1.29, 1.82) is 0 Å². The minimum atomic E-state index is -0.600. The van der Waals surface area contributed by atoms with Crippen LogP contribution in [0.1, 0.15) is 33.6 Å². The Labute approximate surface area is 97.2 Å². The molecule has 0 amide bonds. The van der Waals surface area contributed by atoms with Gasteiger partial charge >= 0.3 is 0 Å². The van der Waals surface area contributed by atoms with Crippen molar-refractivity contribution >= 4 is 0 Å². The Morgan fingerprint density at radius 1 is 1.25 bits per heavy atom. The lowest BCUT2D eigenvalue weighted by Gasteiger charge is -2.43. The second kappa shape index (κ2) is 4.26. The van der Waals surface area contributed by atoms with Gasteiger partial charge in [-0.3, -0.25) is 0 Å². The van der Waals surface area contributed by atoms with Gasteiger partial charge in [-0.15, -0.1) is 0 Å². The Morgan fingerprint density at radius 2 is 2.00 bits per heavy atom. The molecule has 16 heavy (non-hydrogen) atoms. The van der Waals surface area contributed by atoms with Gasteiger partial charge in [0.1, 0.15) is 6.10 Å². The van der Waals surface area contributed by atoms with Crippen LogP contribution in [-0.4, -0.2) is 38.0 Å². The van der Waals surface area contributed by atoms with Crippen LogP contribution < -0.4 is 0 Å². The molecule has 2 fully saturated rings. The Kier molecular flexibility index (Phi) is 3.27. The maximum atomic E-state index is 6.03. The zero-order valence-corrected chi connectivity index (χ0v) is 10.6. The molecule has 94 valence electrons. The summed E-state index contributed by atoms with van der Waals surface area (Å²) in [5.74, 6) is -0.759. The van der Waals surface area contributed by atoms with Gasteiger partial charge in [-0.1, -0.05) is 13.8 Å². The van der Waals surface area contributed by atoms with Crippen molar-refractivity contribution in [2.45, 2.75) is 51.3 Å². The van der Waals surface area contributed by atoms with E-state index in [-0.39, 0.29) is 6.10 Å². The maximum Gasteiger partial charge on any atom is 0.198 e. The molecule has 0 aromatic rings. The normalized spacial score (nSPS) is 44.4. The molecule has 0 N–H and O–H groups in total. The molecule has 4 heteroatoms. The van der Waals surface area contributed by atoms with Crippen LogP contribution >= 0.6 is 0 Å². The highest BCUT2D eigenvalue weighted by molar-refractivity contribution is 4.93. The van der Waals surface area contributed by atoms with E-state index >= 15 is 0 Å². The fourth-order valence-electron chi connectivity index (χ4n) is 2.61. The molecule has 2 saturated heterocycles. The van der Waals surface area contributed by atoms with E-state index in [1.54, 1.807) is 7.11 Å². The minimum absolute atomic E-state index is 0.00164. The Morgan fingerprint density at radius 3 is 2.56 bits per heavy atom. The Balaban J connectivity index is 2.16. The summed E-state index contributed by atoms with van der Waals surface area (Å²) in [6, 6.07) is 0. The summed E-state index contributed by atoms with van der Waals surface area (Å²) in [4.78, 5) is 0. The van der Waals surface area contributed by atoms with Gasteiger partial charge in [0.15, 0.2) is 11.6 Å². The van der Waals surface area contributed by atoms with Crippen LogP contribution in [0.2, 0.25) is 0 Å². The average Bonchev–Trinajstić information content (AvgIpc) is 2.58. The molecule has 2 aliphatic heterocycles. The van der Waals surface area contributed by atoms with E-state index in [9.17, 15) is 0 Å². The molecule has 0 aromatic heterocycles. The molecule has 0 radical (unpaired) electrons. The van der Waals surface area contributed by atoms with Gasteiger partial charge < -0.3 is 18.9 Å². The third-order valence-electron chi connectivity index (χ3n) is 3.51. The molecule has 2 rings (SSSR count). The van der Waals surface area contributed by atoms with Gasteiger partial charge in [0.2, 0.25) is 0 Å². The number of hydrogen-bond acceptors (Lipinski definition) is 4. The molecule has 1 spiro atoms. The first kappa shape index (κ1) is 12.3. The van der Waals surface area contributed by atoms with Crippen molar-refractivity contribution in [3.63, 3.8) is 0 Å². The molecule has 2 heterocycles. The van der Waals surface area contributed by atoms with Crippen molar-refractivity contribution < 1.29 is 18.9 Å². The third-order valence-corrected chi connectivity index (χ3v) is 3.51. The molecule has 0 aromatic carbocycles. The lowest BCUT2D eigenvalue weighted by molar-refractivity contribution is -0.367. The van der Waals surface area contributed by atoms with Crippen molar-refractivity contribution in [3.05, 3.63) is 0 Å². The van der Waals surface area contributed by atoms with E-state index in [1.807, 2.05) is 6.92 Å². The molecule has 0 bridgehead atoms. The monoisotopic (exact) mass is 230 g/mol. The van der Waals surface area contributed by atoms with Crippen LogP contribution in [0.4, 0.5) is 0 Å². The summed E-state index contributed by atoms with van der Waals surface area (Å²) in [6.07, 6.45) is 1.68. The maximum absolute atomic E-state index is 6.03. The summed E-state index contributed by atoms with van der Waals surface area (Å²) in [5.41, 5.74) is 0. The molecule has 0 saturated carbocycles. The highest BCUT2D eigenvalue weighted by Gasteiger charge is 2.55. The van der Waals surface area contributed by atoms with E-state index in [4.69, 9.17) is 18.9 Å². The van der Waals surface area contributed by atoms with Crippen LogP contribution in [0.5, 0.6) is 0 Å². The number of ether oxygens (including phenoxy) is 4. The summed E-state index contributed by atoms with van der Waals surface area (Å²) < 4.78 is 23.1. The highest BCUT2D eigenvalue weighted by atomic mass is 16.8. The smallest absolute Gasteiger partial charge is 0.198 e. The summed E-state index contributed by atoms with van der Waals surface area (Å²) >= 11 is 0. The van der Waals surface area contributed by atoms with Gasteiger partial charge in [0, 0.05) is 20.0 Å². The van der Waals surface area contributed by atoms with Crippen molar-refractivity contribution in [2.24, 2.45) is 5.92 Å². The molecule has 4 nitrogen and oxygen atoms in total. The Hall–Kier alpha value is -0.160. The lowest BCUT2D eigenvalue weighted by Crippen LogP contribution is -2.54. The van der Waals surface area contributed by atoms with Gasteiger partial charge in [-0.2, -0.15) is 0 Å². The van der Waals surface area contributed by atoms with Gasteiger partial charge in [-0.05, 0) is 12.8 Å². The van der Waals surface area contributed by atoms with Crippen molar-refractivity contribution in [3.8, 4) is 0 Å². The first-order chi connectivity index (χ1) is 7.51. The Bertz CT molecular complexity index is 255. The second-order valence-electron chi connectivity index (χ2n) is 5.14.